The summed E-state index contributed by atoms with van der Waals surface area (Å²) >= 11 is 1.35. The first-order valence-electron chi connectivity index (χ1n) is 5.04. The van der Waals surface area contributed by atoms with E-state index in [9.17, 15) is 14.3 Å². The second-order valence-corrected chi connectivity index (χ2v) is 5.52. The van der Waals surface area contributed by atoms with E-state index in [1.54, 1.807) is 0 Å². The highest BCUT2D eigenvalue weighted by Crippen LogP contribution is 2.45. The fraction of sp³-hybridized carbons (Fsp3) is 0.556. The Morgan fingerprint density at radius 2 is 2.39 bits per heavy atom. The monoisotopic (exact) mass is 371 g/mol. The van der Waals surface area contributed by atoms with Crippen LogP contribution in [0.4, 0.5) is 10.2 Å². The van der Waals surface area contributed by atoms with Gasteiger partial charge in [0.25, 0.3) is 0 Å². The molecule has 1 fully saturated rings. The van der Waals surface area contributed by atoms with Crippen molar-refractivity contribution in [1.82, 2.24) is 9.55 Å². The zero-order valence-electron chi connectivity index (χ0n) is 9.03. The number of halogens is 2. The summed E-state index contributed by atoms with van der Waals surface area (Å²) < 4.78 is 18.1. The highest BCUT2D eigenvalue weighted by atomic mass is 127. The third-order valence-corrected chi connectivity index (χ3v) is 3.83. The Labute approximate surface area is 115 Å². The minimum Gasteiger partial charge on any atom is -0.394 e. The lowest BCUT2D eigenvalue weighted by Gasteiger charge is -2.22. The zero-order valence-corrected chi connectivity index (χ0v) is 11.2. The summed E-state index contributed by atoms with van der Waals surface area (Å²) in [6, 6.07) is 1.32. The van der Waals surface area contributed by atoms with Gasteiger partial charge in [0.05, 0.1) is 6.61 Å². The Morgan fingerprint density at radius 3 is 2.89 bits per heavy atom. The molecule has 0 aliphatic carbocycles. The molecule has 0 saturated carbocycles. The van der Waals surface area contributed by atoms with Crippen molar-refractivity contribution in [3.05, 3.63) is 22.7 Å². The maximum atomic E-state index is 14.4. The number of ether oxygens (including phenoxy) is 1. The minimum absolute atomic E-state index is 0.00594. The minimum atomic E-state index is -2.24. The quantitative estimate of drug-likeness (QED) is 0.463. The van der Waals surface area contributed by atoms with Gasteiger partial charge in [-0.2, -0.15) is 4.98 Å². The fourth-order valence-electron chi connectivity index (χ4n) is 1.72. The average Bonchev–Trinajstić information content (AvgIpc) is 2.52. The maximum Gasteiger partial charge on any atom is 0.351 e. The molecule has 1 aliphatic heterocycles. The molecule has 1 saturated heterocycles. The highest BCUT2D eigenvalue weighted by Gasteiger charge is 2.56. The lowest BCUT2D eigenvalue weighted by atomic mass is 10.1. The van der Waals surface area contributed by atoms with Crippen molar-refractivity contribution in [1.29, 1.82) is 0 Å². The summed E-state index contributed by atoms with van der Waals surface area (Å²) in [5.41, 5.74) is 4.54. The van der Waals surface area contributed by atoms with Crippen molar-refractivity contribution in [2.24, 2.45) is 0 Å². The molecular formula is C9H11FIN3O4. The largest absolute Gasteiger partial charge is 0.394 e. The molecule has 100 valence electrons. The van der Waals surface area contributed by atoms with Crippen LogP contribution < -0.4 is 11.4 Å². The van der Waals surface area contributed by atoms with Crippen LogP contribution >= 0.6 is 22.6 Å². The zero-order chi connectivity index (χ0) is 13.5. The van der Waals surface area contributed by atoms with Crippen LogP contribution in [0.25, 0.3) is 0 Å². The van der Waals surface area contributed by atoms with E-state index in [-0.39, 0.29) is 5.82 Å². The van der Waals surface area contributed by atoms with Crippen molar-refractivity contribution in [2.45, 2.75) is 22.1 Å². The summed E-state index contributed by atoms with van der Waals surface area (Å²) in [5, 5.41) is 18.6. The first-order chi connectivity index (χ1) is 8.37. The first-order valence-corrected chi connectivity index (χ1v) is 6.12. The van der Waals surface area contributed by atoms with E-state index < -0.39 is 34.4 Å². The van der Waals surface area contributed by atoms with Crippen LogP contribution in [0.3, 0.4) is 0 Å². The summed E-state index contributed by atoms with van der Waals surface area (Å²) in [5.74, 6) is 0.00594. The molecule has 0 aromatic carbocycles. The third kappa shape index (κ3) is 2.11. The van der Waals surface area contributed by atoms with Gasteiger partial charge in [-0.1, -0.05) is 0 Å². The third-order valence-electron chi connectivity index (χ3n) is 2.66. The number of aliphatic hydroxyl groups is 2. The SMILES string of the molecule is Nc1ccn([C@@H]2O[C@H](CO)C(O)[C@@]2(F)I)c(=O)n1. The van der Waals surface area contributed by atoms with Gasteiger partial charge in [-0.05, 0) is 28.7 Å². The van der Waals surface area contributed by atoms with Gasteiger partial charge in [0.2, 0.25) is 3.68 Å². The average molecular weight is 371 g/mol. The van der Waals surface area contributed by atoms with E-state index in [1.807, 2.05) is 0 Å². The summed E-state index contributed by atoms with van der Waals surface area (Å²) in [6.07, 6.45) is -2.78. The van der Waals surface area contributed by atoms with Gasteiger partial charge in [0.1, 0.15) is 18.0 Å². The Morgan fingerprint density at radius 1 is 1.72 bits per heavy atom. The number of nitrogens with two attached hydrogens (primary N) is 1. The number of nitrogen functional groups attached to an aromatic ring is 1. The number of hydrogen-bond acceptors (Lipinski definition) is 6. The topological polar surface area (TPSA) is 111 Å². The molecule has 0 spiro atoms. The molecule has 0 amide bonds. The Bertz CT molecular complexity index is 509. The van der Waals surface area contributed by atoms with Gasteiger partial charge >= 0.3 is 5.69 Å². The predicted molar refractivity (Wildman–Crippen MR) is 67.8 cm³/mol. The molecule has 4 atom stereocenters. The van der Waals surface area contributed by atoms with Crippen molar-refractivity contribution >= 4 is 28.4 Å². The fourth-order valence-corrected chi connectivity index (χ4v) is 2.57. The Kier molecular flexibility index (Phi) is 3.58. The van der Waals surface area contributed by atoms with Crippen LogP contribution in [0.5, 0.6) is 0 Å². The van der Waals surface area contributed by atoms with E-state index in [0.717, 1.165) is 4.57 Å². The number of aliphatic hydroxyl groups excluding tert-OH is 2. The molecule has 2 heterocycles. The number of rotatable bonds is 2. The van der Waals surface area contributed by atoms with Crippen molar-refractivity contribution in [2.75, 3.05) is 12.3 Å². The van der Waals surface area contributed by atoms with Crippen molar-refractivity contribution < 1.29 is 19.3 Å². The molecule has 2 rings (SSSR count). The molecular weight excluding hydrogens is 360 g/mol. The summed E-state index contributed by atoms with van der Waals surface area (Å²) in [6.45, 7) is -0.552. The Balaban J connectivity index is 2.42. The van der Waals surface area contributed by atoms with Gasteiger partial charge in [-0.3, -0.25) is 4.57 Å². The molecule has 1 unspecified atom stereocenters. The van der Waals surface area contributed by atoms with E-state index in [4.69, 9.17) is 15.6 Å². The second-order valence-electron chi connectivity index (χ2n) is 3.87. The standard InChI is InChI=1S/C9H11FIN3O4/c10-9(11)6(16)4(3-15)18-7(9)14-2-1-5(12)13-8(14)17/h1-2,4,6-7,15-16H,3H2,(H2,12,13,17)/t4-,6?,7-,9-/m1/s1. The van der Waals surface area contributed by atoms with Gasteiger partial charge in [-0.25, -0.2) is 9.18 Å². The molecule has 0 radical (unpaired) electrons. The van der Waals surface area contributed by atoms with E-state index in [1.165, 1.54) is 34.9 Å². The van der Waals surface area contributed by atoms with Crippen molar-refractivity contribution in [3.63, 3.8) is 0 Å². The van der Waals surface area contributed by atoms with Crippen LogP contribution in [0.1, 0.15) is 6.23 Å². The number of aromatic nitrogens is 2. The molecule has 1 aromatic heterocycles. The molecule has 7 nitrogen and oxygen atoms in total. The van der Waals surface area contributed by atoms with E-state index >= 15 is 0 Å². The van der Waals surface area contributed by atoms with Gasteiger partial charge < -0.3 is 20.7 Å². The predicted octanol–water partition coefficient (Wildman–Crippen LogP) is -0.823. The van der Waals surface area contributed by atoms with Crippen LogP contribution in [0.2, 0.25) is 0 Å². The van der Waals surface area contributed by atoms with E-state index in [0.29, 0.717) is 0 Å². The highest BCUT2D eigenvalue weighted by molar-refractivity contribution is 14.1. The van der Waals surface area contributed by atoms with Gasteiger partial charge in [0.15, 0.2) is 6.23 Å². The first kappa shape index (κ1) is 13.6. The molecule has 0 bridgehead atoms. The molecule has 1 aliphatic rings. The molecule has 4 N–H and O–H groups in total. The van der Waals surface area contributed by atoms with Crippen LogP contribution in [0, 0.1) is 0 Å². The number of hydrogen-bond donors (Lipinski definition) is 3. The molecule has 18 heavy (non-hydrogen) atoms. The van der Waals surface area contributed by atoms with Gasteiger partial charge in [-0.15, -0.1) is 0 Å². The number of nitrogens with zero attached hydrogens (tertiary/aromatic N) is 2. The smallest absolute Gasteiger partial charge is 0.351 e. The molecule has 1 aromatic rings. The normalized spacial score (nSPS) is 35.9. The van der Waals surface area contributed by atoms with Gasteiger partial charge in [0, 0.05) is 6.20 Å². The summed E-state index contributed by atoms with van der Waals surface area (Å²) in [7, 11) is 0. The second kappa shape index (κ2) is 4.72. The van der Waals surface area contributed by atoms with E-state index in [2.05, 4.69) is 4.98 Å². The maximum absolute atomic E-state index is 14.4. The Hall–Kier alpha value is -0.780. The summed E-state index contributed by atoms with van der Waals surface area (Å²) in [4.78, 5) is 15.0. The number of alkyl halides is 2. The van der Waals surface area contributed by atoms with Crippen LogP contribution in [-0.2, 0) is 4.74 Å². The van der Waals surface area contributed by atoms with Crippen molar-refractivity contribution in [3.8, 4) is 0 Å². The lowest BCUT2D eigenvalue weighted by molar-refractivity contribution is -0.0499. The van der Waals surface area contributed by atoms with Crippen LogP contribution in [0.15, 0.2) is 17.1 Å². The van der Waals surface area contributed by atoms with Crippen LogP contribution in [-0.4, -0.2) is 42.3 Å². The number of anilines is 1. The lowest BCUT2D eigenvalue weighted by Crippen LogP contribution is -2.40. The molecule has 9 heteroatoms.